The summed E-state index contributed by atoms with van der Waals surface area (Å²) < 4.78 is 0. The zero-order valence-corrected chi connectivity index (χ0v) is 7.44. The first-order valence-corrected chi connectivity index (χ1v) is 4.63. The highest BCUT2D eigenvalue weighted by Crippen LogP contribution is 2.04. The maximum absolute atomic E-state index is 4.87. The molecule has 0 nitrogen and oxygen atoms in total. The fraction of sp³-hybridized carbons (Fsp3) is 0.400. The third kappa shape index (κ3) is 3.47. The molecule has 0 amide bonds. The van der Waals surface area contributed by atoms with Gasteiger partial charge < -0.3 is 0 Å². The molecule has 0 atom stereocenters. The molecule has 0 saturated heterocycles. The van der Waals surface area contributed by atoms with Crippen LogP contribution in [0.25, 0.3) is 0 Å². The number of rotatable bonds is 4. The Labute approximate surface area is 74.0 Å². The zero-order chi connectivity index (χ0) is 7.94. The molecule has 11 heavy (non-hydrogen) atoms. The van der Waals surface area contributed by atoms with Gasteiger partial charge in [0, 0.05) is 5.75 Å². The van der Waals surface area contributed by atoms with Crippen molar-refractivity contribution in [2.45, 2.75) is 19.3 Å². The Morgan fingerprint density at radius 2 is 1.73 bits per heavy atom. The van der Waals surface area contributed by atoms with Crippen LogP contribution in [0.5, 0.6) is 0 Å². The lowest BCUT2D eigenvalue weighted by atomic mass is 10.1. The van der Waals surface area contributed by atoms with E-state index in [4.69, 9.17) is 12.6 Å². The van der Waals surface area contributed by atoms with Crippen molar-refractivity contribution in [3.63, 3.8) is 0 Å². The summed E-state index contributed by atoms with van der Waals surface area (Å²) in [5, 5.41) is 0. The lowest BCUT2D eigenvalue weighted by Crippen LogP contribution is -1.84. The predicted octanol–water partition coefficient (Wildman–Crippen LogP) is 3.21. The summed E-state index contributed by atoms with van der Waals surface area (Å²) in [6.07, 6.45) is 3.58. The van der Waals surface area contributed by atoms with E-state index in [-0.39, 0.29) is 0 Å². The summed E-state index contributed by atoms with van der Waals surface area (Å²) in [6, 6.07) is 10.6. The Hall–Kier alpha value is -0.430. The monoisotopic (exact) mass is 165 g/mol. The summed E-state index contributed by atoms with van der Waals surface area (Å²) >= 11 is 4.87. The molecule has 0 aliphatic heterocycles. The summed E-state index contributed by atoms with van der Waals surface area (Å²) in [4.78, 5) is 0. The Morgan fingerprint density at radius 3 is 2.36 bits per heavy atom. The standard InChI is InChI=1S/C10H13S/c11-9-5-4-8-10-6-2-1-3-7-10/h1-3,6-7H,4-5,8-9H2. The van der Waals surface area contributed by atoms with E-state index in [2.05, 4.69) is 30.3 Å². The molecule has 59 valence electrons. The lowest BCUT2D eigenvalue weighted by molar-refractivity contribution is 0.804. The summed E-state index contributed by atoms with van der Waals surface area (Å²) in [7, 11) is 0. The molecule has 1 heteroatoms. The van der Waals surface area contributed by atoms with Crippen LogP contribution in [0.1, 0.15) is 18.4 Å². The Bertz CT molecular complexity index is 181. The normalized spacial score (nSPS) is 9.91. The second kappa shape index (κ2) is 5.25. The first-order valence-electron chi connectivity index (χ1n) is 4.05. The fourth-order valence-corrected chi connectivity index (χ4v) is 1.28. The molecule has 1 radical (unpaired) electrons. The van der Waals surface area contributed by atoms with Crippen molar-refractivity contribution in [1.29, 1.82) is 0 Å². The molecule has 1 aromatic carbocycles. The van der Waals surface area contributed by atoms with Gasteiger partial charge in [0.25, 0.3) is 0 Å². The van der Waals surface area contributed by atoms with Gasteiger partial charge in [-0.1, -0.05) is 43.0 Å². The molecule has 0 aliphatic rings. The van der Waals surface area contributed by atoms with E-state index in [1.165, 1.54) is 24.8 Å². The third-order valence-electron chi connectivity index (χ3n) is 1.70. The number of hydrogen-bond donors (Lipinski definition) is 0. The van der Waals surface area contributed by atoms with Gasteiger partial charge in [0.1, 0.15) is 0 Å². The molecule has 0 aromatic heterocycles. The minimum absolute atomic E-state index is 0.896. The van der Waals surface area contributed by atoms with Crippen molar-refractivity contribution in [1.82, 2.24) is 0 Å². The number of aryl methyl sites for hydroxylation is 1. The van der Waals surface area contributed by atoms with Crippen molar-refractivity contribution in [3.8, 4) is 0 Å². The van der Waals surface area contributed by atoms with E-state index in [0.717, 1.165) is 5.75 Å². The summed E-state index contributed by atoms with van der Waals surface area (Å²) in [5.41, 5.74) is 1.43. The highest BCUT2D eigenvalue weighted by atomic mass is 32.1. The molecular weight excluding hydrogens is 152 g/mol. The molecule has 0 heterocycles. The van der Waals surface area contributed by atoms with Gasteiger partial charge in [-0.2, -0.15) is 0 Å². The van der Waals surface area contributed by atoms with Crippen LogP contribution >= 0.6 is 12.6 Å². The molecule has 0 spiro atoms. The highest BCUT2D eigenvalue weighted by Gasteiger charge is 1.89. The van der Waals surface area contributed by atoms with Crippen LogP contribution in [0.2, 0.25) is 0 Å². The smallest absolute Gasteiger partial charge is 0.00370 e. The highest BCUT2D eigenvalue weighted by molar-refractivity contribution is 7.80. The Morgan fingerprint density at radius 1 is 1.00 bits per heavy atom. The topological polar surface area (TPSA) is 0 Å². The Balaban J connectivity index is 2.28. The minimum Gasteiger partial charge on any atom is -0.0942 e. The number of hydrogen-bond acceptors (Lipinski definition) is 0. The van der Waals surface area contributed by atoms with Crippen molar-refractivity contribution >= 4 is 12.6 Å². The second-order valence-corrected chi connectivity index (χ2v) is 3.06. The Kier molecular flexibility index (Phi) is 4.14. The zero-order valence-electron chi connectivity index (χ0n) is 6.62. The van der Waals surface area contributed by atoms with Gasteiger partial charge in [0.2, 0.25) is 0 Å². The third-order valence-corrected chi connectivity index (χ3v) is 1.99. The van der Waals surface area contributed by atoms with Gasteiger partial charge >= 0.3 is 0 Å². The molecule has 0 N–H and O–H groups in total. The summed E-state index contributed by atoms with van der Waals surface area (Å²) in [6.45, 7) is 0. The average molecular weight is 165 g/mol. The SMILES string of the molecule is [S]CCCCc1ccccc1. The largest absolute Gasteiger partial charge is 0.0942 e. The summed E-state index contributed by atoms with van der Waals surface area (Å²) in [5.74, 6) is 0.896. The number of benzene rings is 1. The van der Waals surface area contributed by atoms with Gasteiger partial charge in [0.15, 0.2) is 0 Å². The molecule has 1 rings (SSSR count). The molecule has 0 fully saturated rings. The minimum atomic E-state index is 0.896. The molecule has 0 unspecified atom stereocenters. The van der Waals surface area contributed by atoms with E-state index >= 15 is 0 Å². The maximum atomic E-state index is 4.87. The van der Waals surface area contributed by atoms with Crippen LogP contribution in [0, 0.1) is 0 Å². The predicted molar refractivity (Wildman–Crippen MR) is 51.8 cm³/mol. The van der Waals surface area contributed by atoms with Gasteiger partial charge in [-0.05, 0) is 24.8 Å². The molecule has 0 aliphatic carbocycles. The average Bonchev–Trinajstić information content (AvgIpc) is 2.07. The van der Waals surface area contributed by atoms with Crippen molar-refractivity contribution in [2.24, 2.45) is 0 Å². The van der Waals surface area contributed by atoms with E-state index in [9.17, 15) is 0 Å². The second-order valence-electron chi connectivity index (χ2n) is 2.65. The van der Waals surface area contributed by atoms with E-state index in [1.54, 1.807) is 0 Å². The van der Waals surface area contributed by atoms with Gasteiger partial charge in [0.05, 0.1) is 0 Å². The number of unbranched alkanes of at least 4 members (excludes halogenated alkanes) is 1. The first-order chi connectivity index (χ1) is 5.43. The van der Waals surface area contributed by atoms with Gasteiger partial charge in [-0.3, -0.25) is 0 Å². The van der Waals surface area contributed by atoms with Crippen LogP contribution in [0.3, 0.4) is 0 Å². The van der Waals surface area contributed by atoms with Crippen LogP contribution in [-0.2, 0) is 6.42 Å². The van der Waals surface area contributed by atoms with E-state index < -0.39 is 0 Å². The van der Waals surface area contributed by atoms with Crippen LogP contribution < -0.4 is 0 Å². The van der Waals surface area contributed by atoms with Gasteiger partial charge in [-0.25, -0.2) is 0 Å². The van der Waals surface area contributed by atoms with Crippen LogP contribution in [0.4, 0.5) is 0 Å². The van der Waals surface area contributed by atoms with Crippen molar-refractivity contribution in [2.75, 3.05) is 5.75 Å². The molecule has 1 aromatic rings. The van der Waals surface area contributed by atoms with Gasteiger partial charge in [-0.15, -0.1) is 0 Å². The fourth-order valence-electron chi connectivity index (χ4n) is 1.08. The first kappa shape index (κ1) is 8.66. The lowest BCUT2D eigenvalue weighted by Gasteiger charge is -1.97. The van der Waals surface area contributed by atoms with Crippen LogP contribution in [-0.4, -0.2) is 5.75 Å². The molecule has 0 bridgehead atoms. The van der Waals surface area contributed by atoms with Crippen molar-refractivity contribution in [3.05, 3.63) is 35.9 Å². The molecule has 0 saturated carbocycles. The quantitative estimate of drug-likeness (QED) is 0.601. The molecular formula is C10H13S. The van der Waals surface area contributed by atoms with E-state index in [0.29, 0.717) is 0 Å². The maximum Gasteiger partial charge on any atom is 0.00370 e. The van der Waals surface area contributed by atoms with E-state index in [1.807, 2.05) is 0 Å². The van der Waals surface area contributed by atoms with Crippen LogP contribution in [0.15, 0.2) is 30.3 Å². The van der Waals surface area contributed by atoms with Crippen molar-refractivity contribution < 1.29 is 0 Å².